The Morgan fingerprint density at radius 1 is 1.39 bits per heavy atom. The minimum Gasteiger partial charge on any atom is -0.350 e. The second-order valence-corrected chi connectivity index (χ2v) is 6.99. The normalized spacial score (nSPS) is 10.9. The first kappa shape index (κ1) is 15.9. The summed E-state index contributed by atoms with van der Waals surface area (Å²) in [6.45, 7) is 2.15. The van der Waals surface area contributed by atoms with Gasteiger partial charge in [0.2, 0.25) is 5.91 Å². The molecule has 3 aromatic rings. The predicted octanol–water partition coefficient (Wildman–Crippen LogP) is 2.85. The van der Waals surface area contributed by atoms with Crippen LogP contribution in [0.1, 0.15) is 10.7 Å². The van der Waals surface area contributed by atoms with Gasteiger partial charge >= 0.3 is 0 Å². The molecule has 0 unspecified atom stereocenters. The molecule has 0 aliphatic heterocycles. The minimum absolute atomic E-state index is 0.0327. The maximum Gasteiger partial charge on any atom is 0.261 e. The molecule has 0 aliphatic rings. The summed E-state index contributed by atoms with van der Waals surface area (Å²) in [6, 6.07) is 9.11. The van der Waals surface area contributed by atoms with Crippen molar-refractivity contribution in [1.82, 2.24) is 14.9 Å². The number of benzene rings is 1. The fraction of sp³-hybridized carbons (Fsp3) is 0.188. The summed E-state index contributed by atoms with van der Waals surface area (Å²) in [4.78, 5) is 30.1. The summed E-state index contributed by atoms with van der Waals surface area (Å²) in [5.74, 6) is 0.319. The maximum absolute atomic E-state index is 12.5. The lowest BCUT2D eigenvalue weighted by Gasteiger charge is -2.10. The van der Waals surface area contributed by atoms with Crippen molar-refractivity contribution in [3.05, 3.63) is 61.2 Å². The van der Waals surface area contributed by atoms with Crippen LogP contribution >= 0.6 is 27.3 Å². The standard InChI is InChI=1S/C16H14BrN3O2S/c1-10-19-14-5-3-2-4-13(14)16(22)20(10)8-15(21)18-7-12-6-11(17)9-23-12/h2-6,9H,7-8H2,1H3,(H,18,21). The van der Waals surface area contributed by atoms with Crippen molar-refractivity contribution in [1.29, 1.82) is 0 Å². The number of nitrogens with zero attached hydrogens (tertiary/aromatic N) is 2. The van der Waals surface area contributed by atoms with Gasteiger partial charge in [-0.2, -0.15) is 0 Å². The molecule has 0 bridgehead atoms. The Balaban J connectivity index is 1.78. The number of carbonyl (C=O) groups excluding carboxylic acids is 1. The molecule has 0 radical (unpaired) electrons. The quantitative estimate of drug-likeness (QED) is 0.743. The number of fused-ring (bicyclic) bond motifs is 1. The predicted molar refractivity (Wildman–Crippen MR) is 94.6 cm³/mol. The van der Waals surface area contributed by atoms with E-state index in [2.05, 4.69) is 26.2 Å². The lowest BCUT2D eigenvalue weighted by molar-refractivity contribution is -0.121. The van der Waals surface area contributed by atoms with E-state index in [1.807, 2.05) is 17.5 Å². The highest BCUT2D eigenvalue weighted by molar-refractivity contribution is 9.10. The molecule has 1 aromatic carbocycles. The number of carbonyl (C=O) groups is 1. The van der Waals surface area contributed by atoms with Crippen LogP contribution in [0.25, 0.3) is 10.9 Å². The fourth-order valence-electron chi connectivity index (χ4n) is 2.30. The number of thiophene rings is 1. The first-order valence-corrected chi connectivity index (χ1v) is 8.67. The summed E-state index contributed by atoms with van der Waals surface area (Å²) in [7, 11) is 0. The maximum atomic E-state index is 12.5. The molecule has 0 spiro atoms. The molecule has 2 aromatic heterocycles. The SMILES string of the molecule is Cc1nc2ccccc2c(=O)n1CC(=O)NCc1cc(Br)cs1. The third kappa shape index (κ3) is 3.51. The average Bonchev–Trinajstić information content (AvgIpc) is 2.95. The Morgan fingerprint density at radius 2 is 2.17 bits per heavy atom. The van der Waals surface area contributed by atoms with Crippen molar-refractivity contribution in [3.63, 3.8) is 0 Å². The monoisotopic (exact) mass is 391 g/mol. The van der Waals surface area contributed by atoms with Gasteiger partial charge in [-0.15, -0.1) is 11.3 Å². The minimum atomic E-state index is -0.211. The second kappa shape index (κ2) is 6.64. The van der Waals surface area contributed by atoms with E-state index < -0.39 is 0 Å². The Kier molecular flexibility index (Phi) is 4.58. The van der Waals surface area contributed by atoms with Crippen LogP contribution in [-0.2, 0) is 17.9 Å². The van der Waals surface area contributed by atoms with Gasteiger partial charge in [-0.05, 0) is 41.1 Å². The van der Waals surface area contributed by atoms with Gasteiger partial charge < -0.3 is 5.32 Å². The zero-order chi connectivity index (χ0) is 16.4. The first-order chi connectivity index (χ1) is 11.0. The topological polar surface area (TPSA) is 64.0 Å². The number of para-hydroxylation sites is 1. The molecule has 0 saturated carbocycles. The molecule has 118 valence electrons. The van der Waals surface area contributed by atoms with Crippen LogP contribution in [0.5, 0.6) is 0 Å². The molecule has 2 heterocycles. The lowest BCUT2D eigenvalue weighted by Crippen LogP contribution is -2.33. The number of aryl methyl sites for hydroxylation is 1. The van der Waals surface area contributed by atoms with Gasteiger partial charge in [0.1, 0.15) is 12.4 Å². The van der Waals surface area contributed by atoms with Crippen molar-refractivity contribution < 1.29 is 4.79 Å². The molecule has 0 atom stereocenters. The molecule has 3 rings (SSSR count). The number of nitrogens with one attached hydrogen (secondary N) is 1. The molecular formula is C16H14BrN3O2S. The van der Waals surface area contributed by atoms with Crippen LogP contribution in [0.4, 0.5) is 0 Å². The number of halogens is 1. The van der Waals surface area contributed by atoms with Crippen molar-refractivity contribution in [2.45, 2.75) is 20.0 Å². The van der Waals surface area contributed by atoms with Gasteiger partial charge in [0.25, 0.3) is 5.56 Å². The van der Waals surface area contributed by atoms with E-state index in [-0.39, 0.29) is 18.0 Å². The van der Waals surface area contributed by atoms with Crippen LogP contribution in [0, 0.1) is 6.92 Å². The van der Waals surface area contributed by atoms with E-state index in [0.29, 0.717) is 23.3 Å². The van der Waals surface area contributed by atoms with Gasteiger partial charge in [0, 0.05) is 14.7 Å². The van der Waals surface area contributed by atoms with Crippen molar-refractivity contribution >= 4 is 44.1 Å². The molecule has 0 aliphatic carbocycles. The van der Waals surface area contributed by atoms with E-state index >= 15 is 0 Å². The summed E-state index contributed by atoms with van der Waals surface area (Å²) in [5.41, 5.74) is 0.456. The number of amides is 1. The van der Waals surface area contributed by atoms with E-state index in [1.165, 1.54) is 4.57 Å². The third-order valence-electron chi connectivity index (χ3n) is 3.44. The van der Waals surface area contributed by atoms with E-state index in [9.17, 15) is 9.59 Å². The fourth-order valence-corrected chi connectivity index (χ4v) is 3.69. The van der Waals surface area contributed by atoms with Crippen LogP contribution < -0.4 is 10.9 Å². The van der Waals surface area contributed by atoms with Crippen LogP contribution in [0.2, 0.25) is 0 Å². The third-order valence-corrected chi connectivity index (χ3v) is 5.13. The molecule has 0 saturated heterocycles. The van der Waals surface area contributed by atoms with E-state index in [4.69, 9.17) is 0 Å². The lowest BCUT2D eigenvalue weighted by atomic mass is 10.2. The molecule has 1 N–H and O–H groups in total. The number of aromatic nitrogens is 2. The number of rotatable bonds is 4. The Bertz CT molecular complexity index is 932. The molecular weight excluding hydrogens is 378 g/mol. The number of hydrogen-bond acceptors (Lipinski definition) is 4. The van der Waals surface area contributed by atoms with Gasteiger partial charge in [-0.25, -0.2) is 4.98 Å². The zero-order valence-electron chi connectivity index (χ0n) is 12.4. The van der Waals surface area contributed by atoms with E-state index in [1.54, 1.807) is 36.5 Å². The molecule has 1 amide bonds. The zero-order valence-corrected chi connectivity index (χ0v) is 14.8. The van der Waals surface area contributed by atoms with Crippen molar-refractivity contribution in [2.75, 3.05) is 0 Å². The summed E-state index contributed by atoms with van der Waals surface area (Å²) in [5, 5.41) is 5.31. The highest BCUT2D eigenvalue weighted by Crippen LogP contribution is 2.19. The molecule has 7 heteroatoms. The Labute approximate surface area is 145 Å². The smallest absolute Gasteiger partial charge is 0.261 e. The van der Waals surface area contributed by atoms with Crippen LogP contribution in [-0.4, -0.2) is 15.5 Å². The van der Waals surface area contributed by atoms with Gasteiger partial charge in [0.05, 0.1) is 17.4 Å². The molecule has 5 nitrogen and oxygen atoms in total. The highest BCUT2D eigenvalue weighted by atomic mass is 79.9. The largest absolute Gasteiger partial charge is 0.350 e. The summed E-state index contributed by atoms with van der Waals surface area (Å²) < 4.78 is 2.40. The average molecular weight is 392 g/mol. The first-order valence-electron chi connectivity index (χ1n) is 7.00. The summed E-state index contributed by atoms with van der Waals surface area (Å²) >= 11 is 4.94. The van der Waals surface area contributed by atoms with Crippen molar-refractivity contribution in [2.24, 2.45) is 0 Å². The van der Waals surface area contributed by atoms with Gasteiger partial charge in [0.15, 0.2) is 0 Å². The highest BCUT2D eigenvalue weighted by Gasteiger charge is 2.11. The van der Waals surface area contributed by atoms with Crippen LogP contribution in [0.15, 0.2) is 45.0 Å². The summed E-state index contributed by atoms with van der Waals surface area (Å²) in [6.07, 6.45) is 0. The van der Waals surface area contributed by atoms with E-state index in [0.717, 1.165) is 9.35 Å². The Morgan fingerprint density at radius 3 is 2.91 bits per heavy atom. The van der Waals surface area contributed by atoms with Gasteiger partial charge in [-0.3, -0.25) is 14.2 Å². The second-order valence-electron chi connectivity index (χ2n) is 5.08. The molecule has 0 fully saturated rings. The van der Waals surface area contributed by atoms with Crippen molar-refractivity contribution in [3.8, 4) is 0 Å². The van der Waals surface area contributed by atoms with Gasteiger partial charge in [-0.1, -0.05) is 12.1 Å². The molecule has 23 heavy (non-hydrogen) atoms. The number of hydrogen-bond donors (Lipinski definition) is 1. The van der Waals surface area contributed by atoms with Crippen LogP contribution in [0.3, 0.4) is 0 Å². The Hall–Kier alpha value is -1.99.